The highest BCUT2D eigenvalue weighted by atomic mass is 16.5. The van der Waals surface area contributed by atoms with Crippen LogP contribution in [0, 0.1) is 0 Å². The van der Waals surface area contributed by atoms with Crippen molar-refractivity contribution in [1.82, 2.24) is 25.2 Å². The molecule has 1 amide bonds. The first-order valence-electron chi connectivity index (χ1n) is 12.7. The van der Waals surface area contributed by atoms with Gasteiger partial charge in [-0.1, -0.05) is 6.07 Å². The van der Waals surface area contributed by atoms with E-state index < -0.39 is 6.04 Å². The van der Waals surface area contributed by atoms with Gasteiger partial charge in [0, 0.05) is 55.8 Å². The normalized spacial score (nSPS) is 16.9. The van der Waals surface area contributed by atoms with Crippen molar-refractivity contribution in [3.05, 3.63) is 65.1 Å². The van der Waals surface area contributed by atoms with Crippen molar-refractivity contribution in [3.63, 3.8) is 0 Å². The second kappa shape index (κ2) is 11.0. The summed E-state index contributed by atoms with van der Waals surface area (Å²) in [6.45, 7) is 3.54. The van der Waals surface area contributed by atoms with Gasteiger partial charge in [0.05, 0.1) is 12.8 Å². The number of nitrogens with one attached hydrogen (secondary N) is 2. The van der Waals surface area contributed by atoms with Crippen molar-refractivity contribution in [2.75, 3.05) is 25.5 Å². The van der Waals surface area contributed by atoms with Gasteiger partial charge >= 0.3 is 6.01 Å². The van der Waals surface area contributed by atoms with E-state index >= 15 is 0 Å². The fourth-order valence-corrected chi connectivity index (χ4v) is 5.17. The molecule has 10 heteroatoms. The van der Waals surface area contributed by atoms with E-state index in [9.17, 15) is 9.59 Å². The van der Waals surface area contributed by atoms with E-state index in [0.29, 0.717) is 24.0 Å². The molecule has 1 atom stereocenters. The van der Waals surface area contributed by atoms with Crippen LogP contribution in [0.1, 0.15) is 54.0 Å². The van der Waals surface area contributed by atoms with Crippen LogP contribution in [0.2, 0.25) is 0 Å². The molecule has 2 aliphatic heterocycles. The maximum atomic E-state index is 11.9. The van der Waals surface area contributed by atoms with Gasteiger partial charge in [-0.2, -0.15) is 0 Å². The molecule has 196 valence electrons. The summed E-state index contributed by atoms with van der Waals surface area (Å²) in [7, 11) is 1.52. The van der Waals surface area contributed by atoms with E-state index in [1.165, 1.54) is 12.7 Å². The first-order chi connectivity index (χ1) is 18.5. The molecule has 1 aromatic carbocycles. The van der Waals surface area contributed by atoms with Gasteiger partial charge in [-0.15, -0.1) is 0 Å². The molecular formula is C28H31N7O3. The van der Waals surface area contributed by atoms with Crippen LogP contribution in [0.3, 0.4) is 0 Å². The smallest absolute Gasteiger partial charge is 0.316 e. The number of amides is 1. The molecule has 2 aliphatic rings. The summed E-state index contributed by atoms with van der Waals surface area (Å²) in [6.07, 6.45) is 9.69. The average Bonchev–Trinajstić information content (AvgIpc) is 2.96. The molecule has 1 fully saturated rings. The standard InChI is InChI=1S/C28H31N7O3/c1-17(37)35-9-6-18(7-10-35)23-4-3-22(11-20(23)13-29)33-27-26-19(5-8-30-25(26)16-36)12-24(34-27)21-14-31-28(38-2)32-15-21/h3-5,8,11-12,14-16,18,25,30H,6-7,9-10,13,29H2,1-2H3,(H,33,34). The lowest BCUT2D eigenvalue weighted by atomic mass is 9.86. The number of hydrogen-bond donors (Lipinski definition) is 3. The molecule has 5 rings (SSSR count). The van der Waals surface area contributed by atoms with Gasteiger partial charge in [-0.25, -0.2) is 15.0 Å². The summed E-state index contributed by atoms with van der Waals surface area (Å²) in [5, 5.41) is 6.53. The van der Waals surface area contributed by atoms with Crippen LogP contribution < -0.4 is 21.1 Å². The number of benzene rings is 1. The van der Waals surface area contributed by atoms with Crippen LogP contribution in [0.15, 0.2) is 42.9 Å². The Kier molecular flexibility index (Phi) is 7.32. The monoisotopic (exact) mass is 513 g/mol. The Hall–Kier alpha value is -4.31. The number of aldehydes is 1. The van der Waals surface area contributed by atoms with Gasteiger partial charge in [0.1, 0.15) is 18.1 Å². The average molecular weight is 514 g/mol. The number of carbonyl (C=O) groups is 2. The second-order valence-corrected chi connectivity index (χ2v) is 9.45. The van der Waals surface area contributed by atoms with E-state index in [1.54, 1.807) is 25.5 Å². The topological polar surface area (TPSA) is 135 Å². The molecule has 2 aromatic heterocycles. The summed E-state index contributed by atoms with van der Waals surface area (Å²) < 4.78 is 5.08. The molecule has 4 N–H and O–H groups in total. The molecule has 0 saturated carbocycles. The molecule has 3 aromatic rings. The molecule has 38 heavy (non-hydrogen) atoms. The van der Waals surface area contributed by atoms with E-state index in [-0.39, 0.29) is 11.9 Å². The molecular weight excluding hydrogens is 482 g/mol. The molecule has 1 unspecified atom stereocenters. The van der Waals surface area contributed by atoms with Crippen molar-refractivity contribution in [2.24, 2.45) is 5.73 Å². The Bertz CT molecular complexity index is 1370. The summed E-state index contributed by atoms with van der Waals surface area (Å²) in [5.74, 6) is 1.04. The molecule has 4 heterocycles. The first kappa shape index (κ1) is 25.3. The van der Waals surface area contributed by atoms with Crippen LogP contribution >= 0.6 is 0 Å². The second-order valence-electron chi connectivity index (χ2n) is 9.45. The summed E-state index contributed by atoms with van der Waals surface area (Å²) >= 11 is 0. The van der Waals surface area contributed by atoms with Crippen molar-refractivity contribution in [3.8, 4) is 17.3 Å². The minimum Gasteiger partial charge on any atom is -0.467 e. The number of nitrogens with zero attached hydrogens (tertiary/aromatic N) is 4. The number of nitrogens with two attached hydrogens (primary N) is 1. The Morgan fingerprint density at radius 3 is 2.66 bits per heavy atom. The van der Waals surface area contributed by atoms with Crippen LogP contribution in [0.4, 0.5) is 11.5 Å². The van der Waals surface area contributed by atoms with Gasteiger partial charge in [0.2, 0.25) is 5.91 Å². The number of likely N-dealkylation sites (tertiary alicyclic amines) is 1. The zero-order valence-electron chi connectivity index (χ0n) is 21.5. The van der Waals surface area contributed by atoms with Crippen LogP contribution in [-0.4, -0.2) is 52.2 Å². The maximum Gasteiger partial charge on any atom is 0.316 e. The molecule has 0 aliphatic carbocycles. The number of anilines is 2. The minimum atomic E-state index is -0.536. The van der Waals surface area contributed by atoms with Gasteiger partial charge in [-0.3, -0.25) is 4.79 Å². The zero-order valence-corrected chi connectivity index (χ0v) is 21.5. The predicted molar refractivity (Wildman–Crippen MR) is 145 cm³/mol. The number of pyridine rings is 1. The highest BCUT2D eigenvalue weighted by molar-refractivity contribution is 5.80. The molecule has 0 radical (unpaired) electrons. The Morgan fingerprint density at radius 1 is 1.24 bits per heavy atom. The van der Waals surface area contributed by atoms with Crippen molar-refractivity contribution in [2.45, 2.75) is 38.3 Å². The molecule has 0 spiro atoms. The van der Waals surface area contributed by atoms with Gasteiger partial charge in [0.25, 0.3) is 0 Å². The van der Waals surface area contributed by atoms with Gasteiger partial charge < -0.3 is 30.8 Å². The van der Waals surface area contributed by atoms with E-state index in [4.69, 9.17) is 15.5 Å². The fourth-order valence-electron chi connectivity index (χ4n) is 5.17. The lowest BCUT2D eigenvalue weighted by Crippen LogP contribution is -2.36. The Balaban J connectivity index is 1.48. The number of carbonyl (C=O) groups excluding carboxylic acids is 2. The van der Waals surface area contributed by atoms with Crippen LogP contribution in [0.5, 0.6) is 6.01 Å². The highest BCUT2D eigenvalue weighted by Gasteiger charge is 2.25. The number of ether oxygens (including phenoxy) is 1. The zero-order chi connectivity index (χ0) is 26.6. The summed E-state index contributed by atoms with van der Waals surface area (Å²) in [4.78, 5) is 38.8. The summed E-state index contributed by atoms with van der Waals surface area (Å²) in [6, 6.07) is 7.84. The number of rotatable bonds is 7. The fraction of sp³-hybridized carbons (Fsp3) is 0.321. The lowest BCUT2D eigenvalue weighted by molar-refractivity contribution is -0.129. The maximum absolute atomic E-state index is 11.9. The van der Waals surface area contributed by atoms with E-state index in [2.05, 4.69) is 26.7 Å². The Labute approximate surface area is 221 Å². The largest absolute Gasteiger partial charge is 0.467 e. The van der Waals surface area contributed by atoms with Crippen molar-refractivity contribution in [1.29, 1.82) is 0 Å². The highest BCUT2D eigenvalue weighted by Crippen LogP contribution is 2.36. The quantitative estimate of drug-likeness (QED) is 0.407. The number of hydrogen-bond acceptors (Lipinski definition) is 9. The van der Waals surface area contributed by atoms with Crippen molar-refractivity contribution < 1.29 is 14.3 Å². The predicted octanol–water partition coefficient (Wildman–Crippen LogP) is 3.29. The molecule has 0 bridgehead atoms. The number of methoxy groups -OCH3 is 1. The number of piperidine rings is 1. The molecule has 1 saturated heterocycles. The molecule has 10 nitrogen and oxygen atoms in total. The van der Waals surface area contributed by atoms with E-state index in [1.807, 2.05) is 29.2 Å². The third kappa shape index (κ3) is 5.08. The lowest BCUT2D eigenvalue weighted by Gasteiger charge is -2.32. The summed E-state index contributed by atoms with van der Waals surface area (Å²) in [5.41, 5.74) is 12.3. The first-order valence-corrected chi connectivity index (χ1v) is 12.7. The third-order valence-electron chi connectivity index (χ3n) is 7.19. The number of fused-ring (bicyclic) bond motifs is 1. The third-order valence-corrected chi connectivity index (χ3v) is 7.19. The van der Waals surface area contributed by atoms with Gasteiger partial charge in [0.15, 0.2) is 0 Å². The van der Waals surface area contributed by atoms with Crippen LogP contribution in [-0.2, 0) is 16.1 Å². The van der Waals surface area contributed by atoms with E-state index in [0.717, 1.165) is 60.2 Å². The number of aromatic nitrogens is 3. The van der Waals surface area contributed by atoms with Gasteiger partial charge in [-0.05, 0) is 65.9 Å². The van der Waals surface area contributed by atoms with Crippen molar-refractivity contribution >= 4 is 29.8 Å². The minimum absolute atomic E-state index is 0.124. The van der Waals surface area contributed by atoms with Crippen LogP contribution in [0.25, 0.3) is 17.3 Å². The Morgan fingerprint density at radius 2 is 2.00 bits per heavy atom. The SMILES string of the molecule is COc1ncc(-c2cc3c(c(Nc4ccc(C5CCN(C(C)=O)CC5)c(CN)c4)n2)C(C=O)NC=C3)cn1.